The molecule has 0 spiro atoms. The summed E-state index contributed by atoms with van der Waals surface area (Å²) in [6.07, 6.45) is 5.50. The number of sulfonamides is 1. The lowest BCUT2D eigenvalue weighted by molar-refractivity contribution is -0.119. The van der Waals surface area contributed by atoms with Gasteiger partial charge in [-0.1, -0.05) is 24.9 Å². The number of rotatable bonds is 12. The first-order chi connectivity index (χ1) is 17.7. The Bertz CT molecular complexity index is 1180. The van der Waals surface area contributed by atoms with Gasteiger partial charge in [-0.2, -0.15) is 0 Å². The van der Waals surface area contributed by atoms with E-state index in [9.17, 15) is 17.6 Å². The second kappa shape index (κ2) is 13.3. The zero-order valence-electron chi connectivity index (χ0n) is 21.5. The van der Waals surface area contributed by atoms with Crippen molar-refractivity contribution in [3.63, 3.8) is 0 Å². The third kappa shape index (κ3) is 7.27. The van der Waals surface area contributed by atoms with Crippen LogP contribution in [0, 0.1) is 5.82 Å². The topological polar surface area (TPSA) is 88.2 Å². The predicted molar refractivity (Wildman–Crippen MR) is 143 cm³/mol. The number of anilines is 1. The van der Waals surface area contributed by atoms with Gasteiger partial charge in [0.2, 0.25) is 5.91 Å². The van der Waals surface area contributed by atoms with Crippen molar-refractivity contribution < 1.29 is 27.1 Å². The zero-order valence-corrected chi connectivity index (χ0v) is 23.1. The van der Waals surface area contributed by atoms with Crippen LogP contribution < -0.4 is 19.1 Å². The van der Waals surface area contributed by atoms with Crippen molar-refractivity contribution in [2.24, 2.45) is 0 Å². The van der Waals surface area contributed by atoms with Crippen molar-refractivity contribution in [1.29, 1.82) is 0 Å². The minimum absolute atomic E-state index is 0.0652. The van der Waals surface area contributed by atoms with Gasteiger partial charge in [0.1, 0.15) is 12.4 Å². The number of halogens is 2. The minimum Gasteiger partial charge on any atom is -0.493 e. The van der Waals surface area contributed by atoms with Gasteiger partial charge in [-0.05, 0) is 62.6 Å². The summed E-state index contributed by atoms with van der Waals surface area (Å²) < 4.78 is 52.5. The summed E-state index contributed by atoms with van der Waals surface area (Å²) >= 11 is 5.94. The molecule has 1 aliphatic rings. The summed E-state index contributed by atoms with van der Waals surface area (Å²) in [6.45, 7) is 4.05. The van der Waals surface area contributed by atoms with Crippen molar-refractivity contribution in [3.05, 3.63) is 47.2 Å². The Morgan fingerprint density at radius 3 is 2.59 bits per heavy atom. The zero-order chi connectivity index (χ0) is 27.0. The number of hydrogen-bond donors (Lipinski definition) is 1. The fourth-order valence-electron chi connectivity index (χ4n) is 4.57. The summed E-state index contributed by atoms with van der Waals surface area (Å²) in [5.74, 6) is -0.598. The number of methoxy groups -OCH3 is 2. The molecule has 1 fully saturated rings. The fourth-order valence-corrected chi connectivity index (χ4v) is 6.18. The number of benzene rings is 2. The first-order valence-electron chi connectivity index (χ1n) is 12.4. The second-order valence-corrected chi connectivity index (χ2v) is 11.2. The lowest BCUT2D eigenvalue weighted by atomic mass is 10.00. The number of amides is 1. The van der Waals surface area contributed by atoms with E-state index in [4.69, 9.17) is 21.1 Å². The quantitative estimate of drug-likeness (QED) is 0.389. The molecule has 1 atom stereocenters. The molecule has 37 heavy (non-hydrogen) atoms. The molecule has 0 saturated carbocycles. The molecule has 3 rings (SSSR count). The summed E-state index contributed by atoms with van der Waals surface area (Å²) in [6, 6.07) is 8.23. The molecule has 1 unspecified atom stereocenters. The maximum Gasteiger partial charge on any atom is 0.264 e. The Morgan fingerprint density at radius 1 is 1.16 bits per heavy atom. The van der Waals surface area contributed by atoms with Crippen molar-refractivity contribution in [1.82, 2.24) is 10.2 Å². The lowest BCUT2D eigenvalue weighted by Gasteiger charge is -2.35. The highest BCUT2D eigenvalue weighted by atomic mass is 35.5. The normalized spacial score (nSPS) is 16.3. The summed E-state index contributed by atoms with van der Waals surface area (Å²) in [5, 5.41) is 2.57. The van der Waals surface area contributed by atoms with E-state index in [0.29, 0.717) is 18.3 Å². The van der Waals surface area contributed by atoms with Gasteiger partial charge in [-0.25, -0.2) is 12.8 Å². The molecule has 0 aliphatic carbocycles. The van der Waals surface area contributed by atoms with E-state index in [-0.39, 0.29) is 21.4 Å². The molecule has 0 bridgehead atoms. The van der Waals surface area contributed by atoms with Gasteiger partial charge in [0.05, 0.1) is 29.8 Å². The number of piperidine rings is 1. The number of carbonyl (C=O) groups is 1. The lowest BCUT2D eigenvalue weighted by Crippen LogP contribution is -2.43. The number of nitrogens with one attached hydrogen (secondary N) is 1. The van der Waals surface area contributed by atoms with Crippen LogP contribution in [0.1, 0.15) is 39.0 Å². The van der Waals surface area contributed by atoms with Gasteiger partial charge < -0.3 is 19.7 Å². The van der Waals surface area contributed by atoms with Gasteiger partial charge in [0.25, 0.3) is 10.0 Å². The van der Waals surface area contributed by atoms with E-state index < -0.39 is 28.3 Å². The Morgan fingerprint density at radius 2 is 1.92 bits per heavy atom. The fraction of sp³-hybridized carbons (Fsp3) is 0.500. The van der Waals surface area contributed by atoms with Crippen molar-refractivity contribution in [2.75, 3.05) is 44.7 Å². The molecule has 0 aromatic heterocycles. The number of ether oxygens (including phenoxy) is 2. The predicted octanol–water partition coefficient (Wildman–Crippen LogP) is 4.46. The van der Waals surface area contributed by atoms with E-state index in [0.717, 1.165) is 36.3 Å². The van der Waals surface area contributed by atoms with Crippen LogP contribution in [0.2, 0.25) is 5.02 Å². The van der Waals surface area contributed by atoms with Gasteiger partial charge >= 0.3 is 0 Å². The second-order valence-electron chi connectivity index (χ2n) is 8.92. The van der Waals surface area contributed by atoms with Gasteiger partial charge in [0.15, 0.2) is 11.5 Å². The SMILES string of the molecule is CCC1CCCCN1CCCNC(=O)CN(c1ccc(F)c(Cl)c1)S(=O)(=O)c1ccc(OC)c(OC)c1. The van der Waals surface area contributed by atoms with Crippen molar-refractivity contribution in [3.8, 4) is 11.5 Å². The highest BCUT2D eigenvalue weighted by Gasteiger charge is 2.29. The van der Waals surface area contributed by atoms with Crippen LogP contribution >= 0.6 is 11.6 Å². The Balaban J connectivity index is 1.76. The third-order valence-electron chi connectivity index (χ3n) is 6.59. The Hall–Kier alpha value is -2.56. The number of carbonyl (C=O) groups excluding carboxylic acids is 1. The standard InChI is InChI=1S/C26H35ClFN3O5S/c1-4-19-8-5-6-14-30(19)15-7-13-29-26(32)18-31(20-9-11-23(28)22(27)16-20)37(33,34)21-10-12-24(35-2)25(17-21)36-3/h9-12,16-17,19H,4-8,13-15,18H2,1-3H3,(H,29,32). The van der Waals surface area contributed by atoms with Crippen LogP contribution in [0.25, 0.3) is 0 Å². The van der Waals surface area contributed by atoms with Gasteiger partial charge in [0, 0.05) is 25.2 Å². The molecule has 1 amide bonds. The van der Waals surface area contributed by atoms with E-state index in [1.165, 1.54) is 63.8 Å². The number of likely N-dealkylation sites (tertiary alicyclic amines) is 1. The van der Waals surface area contributed by atoms with Crippen LogP contribution in [0.15, 0.2) is 41.3 Å². The van der Waals surface area contributed by atoms with E-state index in [1.807, 2.05) is 0 Å². The molecule has 204 valence electrons. The van der Waals surface area contributed by atoms with Gasteiger partial charge in [-0.15, -0.1) is 0 Å². The highest BCUT2D eigenvalue weighted by Crippen LogP contribution is 2.33. The molecule has 1 N–H and O–H groups in total. The number of hydrogen-bond acceptors (Lipinski definition) is 6. The summed E-state index contributed by atoms with van der Waals surface area (Å²) in [5.41, 5.74) is 0.0652. The van der Waals surface area contributed by atoms with Crippen LogP contribution in [0.5, 0.6) is 11.5 Å². The molecule has 1 saturated heterocycles. The van der Waals surface area contributed by atoms with Crippen LogP contribution in [0.3, 0.4) is 0 Å². The summed E-state index contributed by atoms with van der Waals surface area (Å²) in [7, 11) is -1.41. The average molecular weight is 556 g/mol. The largest absolute Gasteiger partial charge is 0.493 e. The first-order valence-corrected chi connectivity index (χ1v) is 14.2. The third-order valence-corrected chi connectivity index (χ3v) is 8.65. The Kier molecular flexibility index (Phi) is 10.4. The molecule has 1 aliphatic heterocycles. The van der Waals surface area contributed by atoms with E-state index in [1.54, 1.807) is 0 Å². The van der Waals surface area contributed by atoms with E-state index in [2.05, 4.69) is 17.1 Å². The maximum atomic E-state index is 13.8. The molecule has 2 aromatic rings. The highest BCUT2D eigenvalue weighted by molar-refractivity contribution is 7.92. The van der Waals surface area contributed by atoms with Crippen LogP contribution in [0.4, 0.5) is 10.1 Å². The maximum absolute atomic E-state index is 13.8. The number of nitrogens with zero attached hydrogens (tertiary/aromatic N) is 2. The monoisotopic (exact) mass is 555 g/mol. The summed E-state index contributed by atoms with van der Waals surface area (Å²) in [4.78, 5) is 15.2. The average Bonchev–Trinajstić information content (AvgIpc) is 2.91. The molecular formula is C26H35ClFN3O5S. The van der Waals surface area contributed by atoms with Crippen molar-refractivity contribution in [2.45, 2.75) is 50.0 Å². The van der Waals surface area contributed by atoms with Crippen molar-refractivity contribution >= 4 is 33.2 Å². The van der Waals surface area contributed by atoms with Crippen LogP contribution in [-0.4, -0.2) is 65.7 Å². The smallest absolute Gasteiger partial charge is 0.264 e. The van der Waals surface area contributed by atoms with E-state index >= 15 is 0 Å². The molecular weight excluding hydrogens is 521 g/mol. The van der Waals surface area contributed by atoms with Gasteiger partial charge in [-0.3, -0.25) is 9.10 Å². The van der Waals surface area contributed by atoms with Crippen LogP contribution in [-0.2, 0) is 14.8 Å². The molecule has 0 radical (unpaired) electrons. The molecule has 11 heteroatoms. The first kappa shape index (κ1) is 29.0. The molecule has 1 heterocycles. The minimum atomic E-state index is -4.25. The molecule has 8 nitrogen and oxygen atoms in total. The Labute approximate surface area is 223 Å². The molecule has 2 aromatic carbocycles.